The van der Waals surface area contributed by atoms with E-state index in [0.717, 1.165) is 44.0 Å². The Hall–Kier alpha value is -1.12. The molecule has 1 aromatic rings. The Labute approximate surface area is 132 Å². The number of sulfonamides is 1. The lowest BCUT2D eigenvalue weighted by atomic mass is 10.0. The van der Waals surface area contributed by atoms with E-state index in [2.05, 4.69) is 21.8 Å². The van der Waals surface area contributed by atoms with Gasteiger partial charge >= 0.3 is 0 Å². The van der Waals surface area contributed by atoms with Crippen molar-refractivity contribution in [2.75, 3.05) is 37.8 Å². The van der Waals surface area contributed by atoms with E-state index in [0.29, 0.717) is 25.0 Å². The maximum atomic E-state index is 11.5. The Kier molecular flexibility index (Phi) is 4.42. The normalized spacial score (nSPS) is 24.0. The van der Waals surface area contributed by atoms with Crippen molar-refractivity contribution < 1.29 is 8.42 Å². The fourth-order valence-corrected chi connectivity index (χ4v) is 4.12. The van der Waals surface area contributed by atoms with Gasteiger partial charge in [-0.05, 0) is 19.8 Å². The largest absolute Gasteiger partial charge is 0.370 e. The minimum Gasteiger partial charge on any atom is -0.370 e. The number of aryl methyl sites for hydroxylation is 1. The van der Waals surface area contributed by atoms with Crippen molar-refractivity contribution in [1.82, 2.24) is 19.4 Å². The molecule has 0 aliphatic carbocycles. The first kappa shape index (κ1) is 15.8. The fourth-order valence-electron chi connectivity index (χ4n) is 3.25. The molecule has 3 rings (SSSR count). The van der Waals surface area contributed by atoms with E-state index in [4.69, 9.17) is 0 Å². The van der Waals surface area contributed by atoms with Gasteiger partial charge in [0.15, 0.2) is 0 Å². The minimum absolute atomic E-state index is 0.416. The zero-order valence-electron chi connectivity index (χ0n) is 13.2. The number of aromatic nitrogens is 2. The van der Waals surface area contributed by atoms with Gasteiger partial charge in [0, 0.05) is 50.7 Å². The van der Waals surface area contributed by atoms with Crippen LogP contribution in [0.25, 0.3) is 0 Å². The van der Waals surface area contributed by atoms with Gasteiger partial charge in [-0.1, -0.05) is 0 Å². The smallest absolute Gasteiger partial charge is 0.211 e. The number of piperidine rings is 1. The van der Waals surface area contributed by atoms with Crippen molar-refractivity contribution in [3.05, 3.63) is 11.8 Å². The molecule has 22 heavy (non-hydrogen) atoms. The lowest BCUT2D eigenvalue weighted by molar-refractivity contribution is 0.274. The Bertz CT molecular complexity index is 619. The first-order chi connectivity index (χ1) is 10.4. The monoisotopic (exact) mass is 327 g/mol. The van der Waals surface area contributed by atoms with Crippen LogP contribution in [0.15, 0.2) is 6.07 Å². The van der Waals surface area contributed by atoms with Gasteiger partial charge in [-0.25, -0.2) is 17.4 Å². The topological polar surface area (TPSA) is 79.3 Å². The summed E-state index contributed by atoms with van der Waals surface area (Å²) in [4.78, 5) is 0. The van der Waals surface area contributed by atoms with E-state index in [1.165, 1.54) is 6.26 Å². The zero-order chi connectivity index (χ0) is 15.7. The number of nitrogens with one attached hydrogen (secondary N) is 2. The highest BCUT2D eigenvalue weighted by atomic mass is 32.2. The van der Waals surface area contributed by atoms with E-state index < -0.39 is 10.0 Å². The number of rotatable bonds is 4. The highest BCUT2D eigenvalue weighted by Gasteiger charge is 2.26. The molecule has 0 aromatic carbocycles. The molecular weight excluding hydrogens is 302 g/mol. The lowest BCUT2D eigenvalue weighted by Gasteiger charge is -2.32. The van der Waals surface area contributed by atoms with E-state index in [9.17, 15) is 8.42 Å². The molecule has 2 aliphatic heterocycles. The molecule has 1 aromatic heterocycles. The average molecular weight is 327 g/mol. The molecule has 1 unspecified atom stereocenters. The van der Waals surface area contributed by atoms with Crippen molar-refractivity contribution in [2.24, 2.45) is 5.92 Å². The Morgan fingerprint density at radius 1 is 1.41 bits per heavy atom. The van der Waals surface area contributed by atoms with Crippen molar-refractivity contribution in [3.8, 4) is 0 Å². The van der Waals surface area contributed by atoms with Crippen LogP contribution in [-0.2, 0) is 16.6 Å². The van der Waals surface area contributed by atoms with Crippen LogP contribution in [0.4, 0.5) is 5.82 Å². The Morgan fingerprint density at radius 3 is 2.82 bits per heavy atom. The number of hydrogen-bond donors (Lipinski definition) is 2. The summed E-state index contributed by atoms with van der Waals surface area (Å²) >= 11 is 0. The first-order valence-electron chi connectivity index (χ1n) is 7.88. The third-order valence-corrected chi connectivity index (χ3v) is 5.83. The molecule has 3 heterocycles. The van der Waals surface area contributed by atoms with Gasteiger partial charge in [0.25, 0.3) is 0 Å². The Morgan fingerprint density at radius 2 is 2.14 bits per heavy atom. The van der Waals surface area contributed by atoms with Crippen LogP contribution < -0.4 is 10.6 Å². The predicted molar refractivity (Wildman–Crippen MR) is 86.4 cm³/mol. The SMILES string of the molecule is Cc1cc2n(n1)CC(CNC1CCN(S(C)(=O)=O)CC1)CN2. The third-order valence-electron chi connectivity index (χ3n) is 4.52. The van der Waals surface area contributed by atoms with E-state index in [1.807, 2.05) is 11.6 Å². The second kappa shape index (κ2) is 6.17. The van der Waals surface area contributed by atoms with Gasteiger partial charge in [-0.3, -0.25) is 0 Å². The standard InChI is InChI=1S/C14H25N5O2S/c1-11-7-14-16-9-12(10-19(14)17-11)8-15-13-3-5-18(6-4-13)22(2,20)21/h7,12-13,15-16H,3-6,8-10H2,1-2H3. The number of nitrogens with zero attached hydrogens (tertiary/aromatic N) is 3. The molecular formula is C14H25N5O2S. The van der Waals surface area contributed by atoms with E-state index in [1.54, 1.807) is 4.31 Å². The molecule has 1 atom stereocenters. The summed E-state index contributed by atoms with van der Waals surface area (Å²) < 4.78 is 26.6. The molecule has 124 valence electrons. The van der Waals surface area contributed by atoms with E-state index in [-0.39, 0.29) is 0 Å². The molecule has 0 amide bonds. The van der Waals surface area contributed by atoms with Crippen LogP contribution >= 0.6 is 0 Å². The zero-order valence-corrected chi connectivity index (χ0v) is 14.1. The molecule has 0 spiro atoms. The fraction of sp³-hybridized carbons (Fsp3) is 0.786. The summed E-state index contributed by atoms with van der Waals surface area (Å²) in [6, 6.07) is 2.49. The van der Waals surface area contributed by atoms with Crippen LogP contribution in [0.5, 0.6) is 0 Å². The second-order valence-corrected chi connectivity index (χ2v) is 8.43. The molecule has 0 radical (unpaired) electrons. The average Bonchev–Trinajstić information content (AvgIpc) is 2.84. The summed E-state index contributed by atoms with van der Waals surface area (Å²) in [5.74, 6) is 1.62. The molecule has 2 N–H and O–H groups in total. The minimum atomic E-state index is -3.03. The first-order valence-corrected chi connectivity index (χ1v) is 9.73. The maximum absolute atomic E-state index is 11.5. The molecule has 8 heteroatoms. The lowest BCUT2D eigenvalue weighted by Crippen LogP contribution is -2.46. The predicted octanol–water partition coefficient (Wildman–Crippen LogP) is 0.247. The van der Waals surface area contributed by atoms with Gasteiger partial charge in [-0.15, -0.1) is 0 Å². The van der Waals surface area contributed by atoms with Crippen molar-refractivity contribution in [1.29, 1.82) is 0 Å². The molecule has 7 nitrogen and oxygen atoms in total. The van der Waals surface area contributed by atoms with Crippen LogP contribution in [0, 0.1) is 12.8 Å². The molecule has 1 saturated heterocycles. The molecule has 0 saturated carbocycles. The maximum Gasteiger partial charge on any atom is 0.211 e. The number of fused-ring (bicyclic) bond motifs is 1. The van der Waals surface area contributed by atoms with Gasteiger partial charge < -0.3 is 10.6 Å². The summed E-state index contributed by atoms with van der Waals surface area (Å²) in [7, 11) is -3.03. The molecule has 0 bridgehead atoms. The summed E-state index contributed by atoms with van der Waals surface area (Å²) in [6.45, 7) is 6.10. The van der Waals surface area contributed by atoms with Crippen LogP contribution in [-0.4, -0.2) is 61.0 Å². The van der Waals surface area contributed by atoms with Crippen LogP contribution in [0.2, 0.25) is 0 Å². The summed E-state index contributed by atoms with van der Waals surface area (Å²) in [6.07, 6.45) is 3.07. The number of anilines is 1. The highest BCUT2D eigenvalue weighted by Crippen LogP contribution is 2.19. The number of hydrogen-bond acceptors (Lipinski definition) is 5. The third kappa shape index (κ3) is 3.61. The summed E-state index contributed by atoms with van der Waals surface area (Å²) in [5, 5.41) is 11.5. The van der Waals surface area contributed by atoms with E-state index >= 15 is 0 Å². The molecule has 1 fully saturated rings. The molecule has 2 aliphatic rings. The summed E-state index contributed by atoms with van der Waals surface area (Å²) in [5.41, 5.74) is 1.05. The van der Waals surface area contributed by atoms with Gasteiger partial charge in [-0.2, -0.15) is 5.10 Å². The van der Waals surface area contributed by atoms with Crippen LogP contribution in [0.3, 0.4) is 0 Å². The van der Waals surface area contributed by atoms with Gasteiger partial charge in [0.1, 0.15) is 5.82 Å². The quantitative estimate of drug-likeness (QED) is 0.829. The second-order valence-electron chi connectivity index (χ2n) is 6.44. The van der Waals surface area contributed by atoms with Gasteiger partial charge in [0.2, 0.25) is 10.0 Å². The van der Waals surface area contributed by atoms with Crippen molar-refractivity contribution >= 4 is 15.8 Å². The van der Waals surface area contributed by atoms with Crippen LogP contribution in [0.1, 0.15) is 18.5 Å². The Balaban J connectivity index is 1.45. The highest BCUT2D eigenvalue weighted by molar-refractivity contribution is 7.88. The van der Waals surface area contributed by atoms with Gasteiger partial charge in [0.05, 0.1) is 11.9 Å². The van der Waals surface area contributed by atoms with Crippen molar-refractivity contribution in [2.45, 2.75) is 32.4 Å². The van der Waals surface area contributed by atoms with Crippen molar-refractivity contribution in [3.63, 3.8) is 0 Å².